The molecule has 1 aromatic rings. The van der Waals surface area contributed by atoms with Crippen molar-refractivity contribution in [3.05, 3.63) is 33.8 Å². The summed E-state index contributed by atoms with van der Waals surface area (Å²) in [4.78, 5) is 26.4. The Morgan fingerprint density at radius 3 is 2.86 bits per heavy atom. The van der Waals surface area contributed by atoms with Gasteiger partial charge < -0.3 is 9.64 Å². The number of thioether (sulfide) groups is 1. The van der Waals surface area contributed by atoms with Crippen molar-refractivity contribution in [2.75, 3.05) is 24.7 Å². The van der Waals surface area contributed by atoms with Crippen LogP contribution in [0.15, 0.2) is 22.7 Å². The van der Waals surface area contributed by atoms with Crippen molar-refractivity contribution in [3.63, 3.8) is 0 Å². The molecule has 21 heavy (non-hydrogen) atoms. The minimum atomic E-state index is -0.490. The summed E-state index contributed by atoms with van der Waals surface area (Å²) in [5.41, 5.74) is 1.61. The molecule has 1 unspecified atom stereocenters. The molecule has 6 heteroatoms. The standard InChI is InChI=1S/C15H18BrNO3S/c1-3-20-15(19)13-9-21-5-4-17(13)14(18)11-6-10(2)7-12(16)8-11/h6-8,13H,3-5,9H2,1-2H3. The molecule has 1 aliphatic heterocycles. The van der Waals surface area contributed by atoms with Gasteiger partial charge in [0, 0.05) is 28.1 Å². The van der Waals surface area contributed by atoms with Crippen LogP contribution in [-0.2, 0) is 9.53 Å². The van der Waals surface area contributed by atoms with E-state index in [0.717, 1.165) is 15.8 Å². The highest BCUT2D eigenvalue weighted by atomic mass is 79.9. The Morgan fingerprint density at radius 2 is 2.19 bits per heavy atom. The van der Waals surface area contributed by atoms with Crippen molar-refractivity contribution in [1.82, 2.24) is 4.90 Å². The summed E-state index contributed by atoms with van der Waals surface area (Å²) in [7, 11) is 0. The van der Waals surface area contributed by atoms with Crippen LogP contribution >= 0.6 is 27.7 Å². The zero-order valence-electron chi connectivity index (χ0n) is 12.1. The van der Waals surface area contributed by atoms with E-state index in [0.29, 0.717) is 24.5 Å². The number of amides is 1. The molecule has 0 bridgehead atoms. The van der Waals surface area contributed by atoms with Gasteiger partial charge in [0.1, 0.15) is 6.04 Å². The summed E-state index contributed by atoms with van der Waals surface area (Å²) in [5.74, 6) is 1.01. The first-order chi connectivity index (χ1) is 10.0. The monoisotopic (exact) mass is 371 g/mol. The third kappa shape index (κ3) is 4.01. The van der Waals surface area contributed by atoms with Crippen molar-refractivity contribution < 1.29 is 14.3 Å². The third-order valence-corrected chi connectivity index (χ3v) is 4.72. The van der Waals surface area contributed by atoms with Gasteiger partial charge >= 0.3 is 5.97 Å². The van der Waals surface area contributed by atoms with E-state index in [2.05, 4.69) is 15.9 Å². The average molecular weight is 372 g/mol. The van der Waals surface area contributed by atoms with Crippen LogP contribution in [0.2, 0.25) is 0 Å². The first kappa shape index (κ1) is 16.4. The second-order valence-electron chi connectivity index (χ2n) is 4.86. The third-order valence-electron chi connectivity index (χ3n) is 3.24. The first-order valence-corrected chi connectivity index (χ1v) is 8.80. The van der Waals surface area contributed by atoms with E-state index in [9.17, 15) is 9.59 Å². The predicted molar refractivity (Wildman–Crippen MR) is 87.7 cm³/mol. The number of esters is 1. The van der Waals surface area contributed by atoms with Gasteiger partial charge in [0.15, 0.2) is 0 Å². The molecule has 0 aromatic heterocycles. The lowest BCUT2D eigenvalue weighted by molar-refractivity contribution is -0.147. The van der Waals surface area contributed by atoms with Crippen LogP contribution in [0.1, 0.15) is 22.8 Å². The molecule has 0 radical (unpaired) electrons. The van der Waals surface area contributed by atoms with E-state index in [-0.39, 0.29) is 11.9 Å². The molecule has 1 heterocycles. The van der Waals surface area contributed by atoms with Gasteiger partial charge in [0.25, 0.3) is 5.91 Å². The van der Waals surface area contributed by atoms with Crippen LogP contribution in [0.3, 0.4) is 0 Å². The normalized spacial score (nSPS) is 18.4. The second kappa shape index (κ2) is 7.31. The molecule has 1 aromatic carbocycles. The number of nitrogens with zero attached hydrogens (tertiary/aromatic N) is 1. The van der Waals surface area contributed by atoms with Gasteiger partial charge in [0.05, 0.1) is 6.61 Å². The maximum Gasteiger partial charge on any atom is 0.329 e. The molecule has 0 spiro atoms. The maximum atomic E-state index is 12.7. The smallest absolute Gasteiger partial charge is 0.329 e. The van der Waals surface area contributed by atoms with Crippen molar-refractivity contribution >= 4 is 39.6 Å². The number of carbonyl (C=O) groups excluding carboxylic acids is 2. The molecule has 1 fully saturated rings. The molecule has 114 valence electrons. The van der Waals surface area contributed by atoms with E-state index >= 15 is 0 Å². The molecule has 1 aliphatic rings. The van der Waals surface area contributed by atoms with Crippen molar-refractivity contribution in [3.8, 4) is 0 Å². The number of hydrogen-bond acceptors (Lipinski definition) is 4. The van der Waals surface area contributed by atoms with Crippen LogP contribution in [-0.4, -0.2) is 47.5 Å². The maximum absolute atomic E-state index is 12.7. The highest BCUT2D eigenvalue weighted by molar-refractivity contribution is 9.10. The van der Waals surface area contributed by atoms with Gasteiger partial charge in [0.2, 0.25) is 0 Å². The fraction of sp³-hybridized carbons (Fsp3) is 0.467. The van der Waals surface area contributed by atoms with Gasteiger partial charge in [-0.1, -0.05) is 15.9 Å². The molecular weight excluding hydrogens is 354 g/mol. The molecule has 4 nitrogen and oxygen atoms in total. The Bertz CT molecular complexity index is 529. The predicted octanol–water partition coefficient (Wildman–Crippen LogP) is 2.88. The topological polar surface area (TPSA) is 46.6 Å². The van der Waals surface area contributed by atoms with E-state index in [1.165, 1.54) is 0 Å². The van der Waals surface area contributed by atoms with Gasteiger partial charge in [-0.2, -0.15) is 11.8 Å². The lowest BCUT2D eigenvalue weighted by Gasteiger charge is -2.33. The molecule has 1 amide bonds. The quantitative estimate of drug-likeness (QED) is 0.766. The molecule has 0 saturated carbocycles. The van der Waals surface area contributed by atoms with Gasteiger partial charge in [-0.15, -0.1) is 0 Å². The summed E-state index contributed by atoms with van der Waals surface area (Å²) < 4.78 is 5.96. The Hall–Kier alpha value is -1.01. The molecule has 2 rings (SSSR count). The highest BCUT2D eigenvalue weighted by Gasteiger charge is 2.34. The second-order valence-corrected chi connectivity index (χ2v) is 6.92. The van der Waals surface area contributed by atoms with E-state index < -0.39 is 6.04 Å². The van der Waals surface area contributed by atoms with E-state index in [4.69, 9.17) is 4.74 Å². The Kier molecular flexibility index (Phi) is 5.70. The van der Waals surface area contributed by atoms with Crippen LogP contribution in [0, 0.1) is 6.92 Å². The zero-order valence-corrected chi connectivity index (χ0v) is 14.5. The van der Waals surface area contributed by atoms with Gasteiger partial charge in [-0.3, -0.25) is 4.79 Å². The largest absolute Gasteiger partial charge is 0.464 e. The molecule has 0 aliphatic carbocycles. The van der Waals surface area contributed by atoms with Crippen LogP contribution in [0.25, 0.3) is 0 Å². The summed E-state index contributed by atoms with van der Waals surface area (Å²) in [6.07, 6.45) is 0. The molecule has 1 atom stereocenters. The van der Waals surface area contributed by atoms with E-state index in [1.807, 2.05) is 19.1 Å². The Labute approximate surface area is 137 Å². The number of carbonyl (C=O) groups is 2. The number of hydrogen-bond donors (Lipinski definition) is 0. The molecular formula is C15H18BrNO3S. The SMILES string of the molecule is CCOC(=O)C1CSCCN1C(=O)c1cc(C)cc(Br)c1. The number of benzene rings is 1. The zero-order chi connectivity index (χ0) is 15.4. The summed E-state index contributed by atoms with van der Waals surface area (Å²) in [6, 6.07) is 5.10. The minimum Gasteiger partial charge on any atom is -0.464 e. The minimum absolute atomic E-state index is 0.113. The number of halogens is 1. The van der Waals surface area contributed by atoms with Gasteiger partial charge in [-0.05, 0) is 37.6 Å². The number of rotatable bonds is 3. The van der Waals surface area contributed by atoms with Crippen LogP contribution in [0.5, 0.6) is 0 Å². The molecule has 1 saturated heterocycles. The summed E-state index contributed by atoms with van der Waals surface area (Å²) in [6.45, 7) is 4.62. The van der Waals surface area contributed by atoms with Crippen molar-refractivity contribution in [2.45, 2.75) is 19.9 Å². The van der Waals surface area contributed by atoms with Crippen LogP contribution in [0.4, 0.5) is 0 Å². The van der Waals surface area contributed by atoms with Crippen molar-refractivity contribution in [2.24, 2.45) is 0 Å². The molecule has 0 N–H and O–H groups in total. The van der Waals surface area contributed by atoms with E-state index in [1.54, 1.807) is 29.7 Å². The fourth-order valence-corrected chi connectivity index (χ4v) is 3.95. The average Bonchev–Trinajstić information content (AvgIpc) is 2.45. The lowest BCUT2D eigenvalue weighted by Crippen LogP contribution is -2.51. The fourth-order valence-electron chi connectivity index (χ4n) is 2.31. The summed E-state index contributed by atoms with van der Waals surface area (Å²) in [5, 5.41) is 0. The highest BCUT2D eigenvalue weighted by Crippen LogP contribution is 2.22. The van der Waals surface area contributed by atoms with Crippen molar-refractivity contribution in [1.29, 1.82) is 0 Å². The lowest BCUT2D eigenvalue weighted by atomic mass is 10.1. The van der Waals surface area contributed by atoms with Crippen LogP contribution < -0.4 is 0 Å². The Morgan fingerprint density at radius 1 is 1.43 bits per heavy atom. The first-order valence-electron chi connectivity index (χ1n) is 6.85. The van der Waals surface area contributed by atoms with Gasteiger partial charge in [-0.25, -0.2) is 4.79 Å². The number of ether oxygens (including phenoxy) is 1. The Balaban J connectivity index is 2.24. The summed E-state index contributed by atoms with van der Waals surface area (Å²) >= 11 is 5.08. The number of aryl methyl sites for hydroxylation is 1.